The topological polar surface area (TPSA) is 113 Å². The number of carbonyl (C=O) groups is 1. The number of carbonyl (C=O) groups excluding carboxylic acids is 1. The second-order valence-corrected chi connectivity index (χ2v) is 9.05. The van der Waals surface area contributed by atoms with Crippen molar-refractivity contribution in [2.24, 2.45) is 5.92 Å². The minimum absolute atomic E-state index is 0.141. The number of nitrogens with one attached hydrogen (secondary N) is 2. The van der Waals surface area contributed by atoms with Gasteiger partial charge >= 0.3 is 5.69 Å². The van der Waals surface area contributed by atoms with Crippen molar-refractivity contribution in [3.05, 3.63) is 75.4 Å². The largest absolute Gasteiger partial charge is 0.383 e. The van der Waals surface area contributed by atoms with E-state index in [1.54, 1.807) is 0 Å². The van der Waals surface area contributed by atoms with E-state index in [1.807, 2.05) is 80.3 Å². The van der Waals surface area contributed by atoms with Gasteiger partial charge in [-0.25, -0.2) is 4.79 Å². The number of amides is 1. The van der Waals surface area contributed by atoms with Crippen molar-refractivity contribution in [2.45, 2.75) is 46.6 Å². The molecule has 3 rings (SSSR count). The van der Waals surface area contributed by atoms with Crippen molar-refractivity contribution < 1.29 is 4.79 Å². The van der Waals surface area contributed by atoms with Crippen LogP contribution in [0.2, 0.25) is 0 Å². The molecule has 0 aliphatic carbocycles. The third kappa shape index (κ3) is 6.62. The molecule has 35 heavy (non-hydrogen) atoms. The lowest BCUT2D eigenvalue weighted by molar-refractivity contribution is -0.116. The maximum absolute atomic E-state index is 12.9. The summed E-state index contributed by atoms with van der Waals surface area (Å²) in [5.74, 6) is 0.186. The molecule has 0 atom stereocenters. The first-order valence-corrected chi connectivity index (χ1v) is 12.1. The lowest BCUT2D eigenvalue weighted by Crippen LogP contribution is -2.40. The second kappa shape index (κ2) is 12.1. The summed E-state index contributed by atoms with van der Waals surface area (Å²) in [4.78, 5) is 42.2. The molecule has 186 valence electrons. The predicted molar refractivity (Wildman–Crippen MR) is 143 cm³/mol. The predicted octanol–water partition coefficient (Wildman–Crippen LogP) is 4.08. The fraction of sp³-hybridized carbons (Fsp3) is 0.370. The van der Waals surface area contributed by atoms with Gasteiger partial charge < -0.3 is 16.0 Å². The Morgan fingerprint density at radius 2 is 1.77 bits per heavy atom. The Balaban J connectivity index is 1.81. The molecule has 8 heteroatoms. The van der Waals surface area contributed by atoms with Gasteiger partial charge in [-0.3, -0.25) is 19.1 Å². The van der Waals surface area contributed by atoms with E-state index in [0.29, 0.717) is 13.1 Å². The molecule has 2 aromatic carbocycles. The molecule has 1 aromatic heterocycles. The van der Waals surface area contributed by atoms with Crippen LogP contribution in [0, 0.1) is 5.92 Å². The van der Waals surface area contributed by atoms with E-state index in [2.05, 4.69) is 10.3 Å². The highest BCUT2D eigenvalue weighted by Gasteiger charge is 2.21. The van der Waals surface area contributed by atoms with Crippen molar-refractivity contribution in [1.29, 1.82) is 0 Å². The number of aromatic amines is 1. The molecule has 4 N–H and O–H groups in total. The smallest absolute Gasteiger partial charge is 0.330 e. The highest BCUT2D eigenvalue weighted by molar-refractivity contribution is 5.95. The first-order valence-electron chi connectivity index (χ1n) is 12.1. The van der Waals surface area contributed by atoms with Crippen molar-refractivity contribution in [3.63, 3.8) is 0 Å². The second-order valence-electron chi connectivity index (χ2n) is 9.05. The first kappa shape index (κ1) is 25.8. The van der Waals surface area contributed by atoms with E-state index in [1.165, 1.54) is 4.57 Å². The minimum atomic E-state index is -0.532. The molecule has 0 aliphatic heterocycles. The zero-order valence-corrected chi connectivity index (χ0v) is 20.7. The van der Waals surface area contributed by atoms with Crippen LogP contribution in [0.3, 0.4) is 0 Å². The first-order chi connectivity index (χ1) is 16.8. The Bertz CT molecular complexity index is 1250. The van der Waals surface area contributed by atoms with Crippen LogP contribution >= 0.6 is 0 Å². The van der Waals surface area contributed by atoms with Gasteiger partial charge in [0.05, 0.1) is 0 Å². The van der Waals surface area contributed by atoms with Crippen LogP contribution in [0.5, 0.6) is 0 Å². The molecule has 1 amide bonds. The van der Waals surface area contributed by atoms with Crippen molar-refractivity contribution in [1.82, 2.24) is 9.55 Å². The summed E-state index contributed by atoms with van der Waals surface area (Å²) < 4.78 is 1.41. The highest BCUT2D eigenvalue weighted by atomic mass is 16.2. The third-order valence-electron chi connectivity index (χ3n) is 5.75. The van der Waals surface area contributed by atoms with Crippen molar-refractivity contribution >= 4 is 23.1 Å². The van der Waals surface area contributed by atoms with Crippen LogP contribution in [0.1, 0.15) is 40.0 Å². The molecule has 0 bridgehead atoms. The number of para-hydroxylation sites is 1. The number of hydrogen-bond acceptors (Lipinski definition) is 5. The number of nitrogens with two attached hydrogens (primary N) is 1. The van der Waals surface area contributed by atoms with Gasteiger partial charge in [0.15, 0.2) is 0 Å². The maximum atomic E-state index is 12.9. The molecule has 1 heterocycles. The van der Waals surface area contributed by atoms with E-state index < -0.39 is 11.2 Å². The number of nitrogen functional groups attached to an aromatic ring is 1. The SMILES string of the molecule is CCCCn1c(N)c(N(CCC(=O)Nc2ccccc2-c2ccccc2)CC(C)C)c(=O)[nH]c1=O. The summed E-state index contributed by atoms with van der Waals surface area (Å²) in [7, 11) is 0. The van der Waals surface area contributed by atoms with Crippen molar-refractivity contribution in [2.75, 3.05) is 29.0 Å². The number of unbranched alkanes of at least 4 members (excludes halogenated alkanes) is 1. The fourth-order valence-electron chi connectivity index (χ4n) is 4.07. The molecular weight excluding hydrogens is 442 g/mol. The molecule has 8 nitrogen and oxygen atoms in total. The van der Waals surface area contributed by atoms with Crippen LogP contribution in [0.15, 0.2) is 64.2 Å². The summed E-state index contributed by atoms with van der Waals surface area (Å²) in [6.07, 6.45) is 1.81. The van der Waals surface area contributed by atoms with Crippen LogP contribution in [-0.4, -0.2) is 28.5 Å². The number of aromatic nitrogens is 2. The summed E-state index contributed by atoms with van der Waals surface area (Å²) in [6, 6.07) is 17.5. The number of anilines is 3. The minimum Gasteiger partial charge on any atom is -0.383 e. The van der Waals surface area contributed by atoms with Crippen LogP contribution < -0.4 is 27.2 Å². The summed E-state index contributed by atoms with van der Waals surface area (Å²) >= 11 is 0. The summed E-state index contributed by atoms with van der Waals surface area (Å²) in [5, 5.41) is 3.01. The van der Waals surface area contributed by atoms with Gasteiger partial charge in [-0.2, -0.15) is 0 Å². The van der Waals surface area contributed by atoms with Gasteiger partial charge in [0, 0.05) is 37.3 Å². The maximum Gasteiger partial charge on any atom is 0.330 e. The van der Waals surface area contributed by atoms with E-state index in [4.69, 9.17) is 5.73 Å². The lowest BCUT2D eigenvalue weighted by atomic mass is 10.0. The average molecular weight is 478 g/mol. The number of hydrogen-bond donors (Lipinski definition) is 3. The van der Waals surface area contributed by atoms with E-state index >= 15 is 0 Å². The molecule has 0 spiro atoms. The zero-order chi connectivity index (χ0) is 25.4. The number of nitrogens with zero attached hydrogens (tertiary/aromatic N) is 2. The van der Waals surface area contributed by atoms with Crippen molar-refractivity contribution in [3.8, 4) is 11.1 Å². The Morgan fingerprint density at radius 3 is 2.46 bits per heavy atom. The quantitative estimate of drug-likeness (QED) is 0.385. The lowest BCUT2D eigenvalue weighted by Gasteiger charge is -2.27. The number of rotatable bonds is 11. The van der Waals surface area contributed by atoms with Gasteiger partial charge in [0.25, 0.3) is 5.56 Å². The molecule has 0 aliphatic rings. The Hall–Kier alpha value is -3.81. The van der Waals surface area contributed by atoms with E-state index in [-0.39, 0.29) is 36.3 Å². The van der Waals surface area contributed by atoms with Crippen LogP contribution in [0.4, 0.5) is 17.2 Å². The molecule has 0 saturated heterocycles. The molecule has 3 aromatic rings. The van der Waals surface area contributed by atoms with E-state index in [9.17, 15) is 14.4 Å². The molecule has 0 fully saturated rings. The summed E-state index contributed by atoms with van der Waals surface area (Å²) in [6.45, 7) is 7.32. The third-order valence-corrected chi connectivity index (χ3v) is 5.75. The van der Waals surface area contributed by atoms with E-state index in [0.717, 1.165) is 29.7 Å². The normalized spacial score (nSPS) is 11.0. The van der Waals surface area contributed by atoms with Gasteiger partial charge in [-0.05, 0) is 24.0 Å². The Kier molecular flexibility index (Phi) is 8.89. The van der Waals surface area contributed by atoms with Gasteiger partial charge in [-0.15, -0.1) is 0 Å². The Morgan fingerprint density at radius 1 is 1.09 bits per heavy atom. The average Bonchev–Trinajstić information content (AvgIpc) is 2.82. The zero-order valence-electron chi connectivity index (χ0n) is 20.7. The Labute approximate surface area is 205 Å². The standard InChI is InChI=1S/C27H35N5O3/c1-4-5-16-32-25(28)24(26(34)30-27(32)35)31(18-19(2)3)17-15-23(33)29-22-14-10-9-13-21(22)20-11-7-6-8-12-20/h6-14,19H,4-5,15-18,28H2,1-3H3,(H,29,33)(H,30,34,35). The number of H-pyrrole nitrogens is 1. The van der Waals surface area contributed by atoms with Crippen LogP contribution in [-0.2, 0) is 11.3 Å². The molecule has 0 radical (unpaired) electrons. The highest BCUT2D eigenvalue weighted by Crippen LogP contribution is 2.27. The monoisotopic (exact) mass is 477 g/mol. The molecule has 0 saturated carbocycles. The molecule has 0 unspecified atom stereocenters. The number of benzene rings is 2. The molecular formula is C27H35N5O3. The fourth-order valence-corrected chi connectivity index (χ4v) is 4.07. The van der Waals surface area contributed by atoms with Gasteiger partial charge in [0.2, 0.25) is 5.91 Å². The van der Waals surface area contributed by atoms with Gasteiger partial charge in [0.1, 0.15) is 11.5 Å². The van der Waals surface area contributed by atoms with Gasteiger partial charge in [-0.1, -0.05) is 75.7 Å². The van der Waals surface area contributed by atoms with Crippen LogP contribution in [0.25, 0.3) is 11.1 Å². The summed E-state index contributed by atoms with van der Waals surface area (Å²) in [5.41, 5.74) is 8.19.